The van der Waals surface area contributed by atoms with Crippen LogP contribution in [-0.2, 0) is 14.3 Å². The van der Waals surface area contributed by atoms with E-state index < -0.39 is 40.3 Å². The van der Waals surface area contributed by atoms with Gasteiger partial charge in [0.2, 0.25) is 0 Å². The van der Waals surface area contributed by atoms with Crippen LogP contribution < -0.4 is 5.32 Å². The highest BCUT2D eigenvalue weighted by Gasteiger charge is 2.27. The second-order valence-corrected chi connectivity index (χ2v) is 7.87. The van der Waals surface area contributed by atoms with Crippen LogP contribution in [0.4, 0.5) is 10.5 Å². The topological polar surface area (TPSA) is 145 Å². The predicted octanol–water partition coefficient (Wildman–Crippen LogP) is 3.10. The fourth-order valence-corrected chi connectivity index (χ4v) is 3.23. The SMILES string of the molecule is COC(=O)c1cc([N+](=O)[O-])c(SCC(NC(=O)OC(C)(C)C)C(=O)O)cc1Cl. The molecule has 0 aliphatic heterocycles. The van der Waals surface area contributed by atoms with Crippen molar-refractivity contribution in [2.24, 2.45) is 0 Å². The Morgan fingerprint density at radius 2 is 1.96 bits per heavy atom. The summed E-state index contributed by atoms with van der Waals surface area (Å²) in [4.78, 5) is 45.4. The third-order valence-corrected chi connectivity index (χ3v) is 4.50. The van der Waals surface area contributed by atoms with Gasteiger partial charge in [-0.3, -0.25) is 10.1 Å². The number of aliphatic carboxylic acids is 1. The van der Waals surface area contributed by atoms with Gasteiger partial charge in [0, 0.05) is 11.8 Å². The van der Waals surface area contributed by atoms with Crippen molar-refractivity contribution in [3.8, 4) is 0 Å². The van der Waals surface area contributed by atoms with Crippen molar-refractivity contribution in [3.63, 3.8) is 0 Å². The Balaban J connectivity index is 3.03. The van der Waals surface area contributed by atoms with E-state index in [4.69, 9.17) is 16.3 Å². The molecule has 28 heavy (non-hydrogen) atoms. The van der Waals surface area contributed by atoms with Crippen LogP contribution in [0.1, 0.15) is 31.1 Å². The van der Waals surface area contributed by atoms with Gasteiger partial charge in [-0.25, -0.2) is 14.4 Å². The lowest BCUT2D eigenvalue weighted by Crippen LogP contribution is -2.44. The van der Waals surface area contributed by atoms with Crippen molar-refractivity contribution in [2.45, 2.75) is 37.3 Å². The standard InChI is InChI=1S/C16H19ClN2O8S/c1-16(2,3)27-15(23)18-10(13(20)21)7-28-12-6-9(17)8(14(22)26-4)5-11(12)19(24)25/h5-6,10H,7H2,1-4H3,(H,18,23)(H,20,21). The lowest BCUT2D eigenvalue weighted by atomic mass is 10.2. The Bertz CT molecular complexity index is 794. The van der Waals surface area contributed by atoms with Crippen molar-refractivity contribution < 1.29 is 33.9 Å². The molecule has 1 atom stereocenters. The predicted molar refractivity (Wildman–Crippen MR) is 101 cm³/mol. The van der Waals surface area contributed by atoms with Crippen molar-refractivity contribution >= 4 is 47.1 Å². The van der Waals surface area contributed by atoms with Gasteiger partial charge in [-0.05, 0) is 26.8 Å². The number of nitro benzene ring substituents is 1. The van der Waals surface area contributed by atoms with E-state index in [9.17, 15) is 29.6 Å². The van der Waals surface area contributed by atoms with Crippen LogP contribution >= 0.6 is 23.4 Å². The van der Waals surface area contributed by atoms with Crippen LogP contribution in [0.15, 0.2) is 17.0 Å². The van der Waals surface area contributed by atoms with Gasteiger partial charge in [-0.15, -0.1) is 11.8 Å². The number of benzene rings is 1. The molecule has 0 bridgehead atoms. The molecule has 0 fully saturated rings. The van der Waals surface area contributed by atoms with Gasteiger partial charge >= 0.3 is 18.0 Å². The Kier molecular flexibility index (Phi) is 8.06. The van der Waals surface area contributed by atoms with E-state index in [-0.39, 0.29) is 21.2 Å². The van der Waals surface area contributed by atoms with Gasteiger partial charge in [0.25, 0.3) is 5.69 Å². The number of carboxylic acids is 1. The molecule has 0 radical (unpaired) electrons. The first-order valence-corrected chi connectivity index (χ1v) is 9.13. The van der Waals surface area contributed by atoms with Crippen molar-refractivity contribution in [1.82, 2.24) is 5.32 Å². The van der Waals surface area contributed by atoms with Crippen molar-refractivity contribution in [1.29, 1.82) is 0 Å². The zero-order chi connectivity index (χ0) is 21.6. The smallest absolute Gasteiger partial charge is 0.408 e. The number of rotatable bonds is 7. The molecule has 0 aliphatic rings. The molecule has 0 saturated carbocycles. The average molecular weight is 435 g/mol. The number of halogens is 1. The fourth-order valence-electron chi connectivity index (χ4n) is 1.87. The van der Waals surface area contributed by atoms with Crippen LogP contribution in [0.25, 0.3) is 0 Å². The molecule has 1 unspecified atom stereocenters. The molecule has 154 valence electrons. The largest absolute Gasteiger partial charge is 0.480 e. The summed E-state index contributed by atoms with van der Waals surface area (Å²) >= 11 is 6.76. The minimum Gasteiger partial charge on any atom is -0.480 e. The Morgan fingerprint density at radius 3 is 2.43 bits per heavy atom. The second-order valence-electron chi connectivity index (χ2n) is 6.40. The molecule has 10 nitrogen and oxygen atoms in total. The van der Waals surface area contributed by atoms with Gasteiger partial charge in [0.1, 0.15) is 11.6 Å². The number of carbonyl (C=O) groups is 3. The number of nitrogens with zero attached hydrogens (tertiary/aromatic N) is 1. The molecule has 1 rings (SSSR count). The summed E-state index contributed by atoms with van der Waals surface area (Å²) < 4.78 is 9.52. The molecule has 0 aromatic heterocycles. The van der Waals surface area contributed by atoms with E-state index in [0.717, 1.165) is 24.9 Å². The number of esters is 1. The number of alkyl carbamates (subject to hydrolysis) is 1. The van der Waals surface area contributed by atoms with Gasteiger partial charge in [-0.2, -0.15) is 0 Å². The summed E-state index contributed by atoms with van der Waals surface area (Å²) in [5.41, 5.74) is -1.46. The molecular weight excluding hydrogens is 416 g/mol. The lowest BCUT2D eigenvalue weighted by Gasteiger charge is -2.21. The molecule has 0 aliphatic carbocycles. The molecule has 0 heterocycles. The Morgan fingerprint density at radius 1 is 1.36 bits per heavy atom. The third-order valence-electron chi connectivity index (χ3n) is 3.05. The fraction of sp³-hybridized carbons (Fsp3) is 0.438. The molecule has 0 spiro atoms. The summed E-state index contributed by atoms with van der Waals surface area (Å²) in [6, 6.07) is 0.745. The number of nitrogens with one attached hydrogen (secondary N) is 1. The van der Waals surface area contributed by atoms with Crippen LogP contribution in [-0.4, -0.2) is 52.6 Å². The average Bonchev–Trinajstić information content (AvgIpc) is 2.55. The minimum atomic E-state index is -1.38. The van der Waals surface area contributed by atoms with Gasteiger partial charge < -0.3 is 19.9 Å². The van der Waals surface area contributed by atoms with Crippen molar-refractivity contribution in [3.05, 3.63) is 32.8 Å². The number of carbonyl (C=O) groups excluding carboxylic acids is 2. The molecule has 1 amide bonds. The lowest BCUT2D eigenvalue weighted by molar-refractivity contribution is -0.387. The first kappa shape index (κ1) is 23.5. The highest BCUT2D eigenvalue weighted by Crippen LogP contribution is 2.35. The summed E-state index contributed by atoms with van der Waals surface area (Å²) in [7, 11) is 1.10. The monoisotopic (exact) mass is 434 g/mol. The molecular formula is C16H19ClN2O8S. The molecule has 1 aromatic rings. The second kappa shape index (κ2) is 9.60. The van der Waals surface area contributed by atoms with Crippen molar-refractivity contribution in [2.75, 3.05) is 12.9 Å². The molecule has 2 N–H and O–H groups in total. The Hall–Kier alpha value is -2.53. The maximum atomic E-state index is 11.8. The third kappa shape index (κ3) is 6.89. The number of hydrogen-bond acceptors (Lipinski definition) is 8. The van der Waals surface area contributed by atoms with E-state index in [0.29, 0.717) is 0 Å². The van der Waals surface area contributed by atoms with Crippen LogP contribution in [0.2, 0.25) is 5.02 Å². The van der Waals surface area contributed by atoms with Crippen LogP contribution in [0.5, 0.6) is 0 Å². The van der Waals surface area contributed by atoms with Gasteiger partial charge in [0.05, 0.1) is 27.5 Å². The van der Waals surface area contributed by atoms with E-state index >= 15 is 0 Å². The maximum Gasteiger partial charge on any atom is 0.408 e. The van der Waals surface area contributed by atoms with Crippen LogP contribution in [0.3, 0.4) is 0 Å². The zero-order valence-corrected chi connectivity index (χ0v) is 17.0. The highest BCUT2D eigenvalue weighted by atomic mass is 35.5. The highest BCUT2D eigenvalue weighted by molar-refractivity contribution is 7.99. The number of amides is 1. The van der Waals surface area contributed by atoms with E-state index in [1.807, 2.05) is 0 Å². The molecule has 1 aromatic carbocycles. The van der Waals surface area contributed by atoms with E-state index in [2.05, 4.69) is 10.1 Å². The van der Waals surface area contributed by atoms with Crippen LogP contribution in [0, 0.1) is 10.1 Å². The van der Waals surface area contributed by atoms with E-state index in [1.54, 1.807) is 20.8 Å². The number of methoxy groups -OCH3 is 1. The minimum absolute atomic E-state index is 0.0277. The summed E-state index contributed by atoms with van der Waals surface area (Å²) in [6.07, 6.45) is -0.936. The molecule has 12 heteroatoms. The summed E-state index contributed by atoms with van der Waals surface area (Å²) in [6.45, 7) is 4.85. The van der Waals surface area contributed by atoms with Gasteiger partial charge in [-0.1, -0.05) is 11.6 Å². The van der Waals surface area contributed by atoms with E-state index in [1.165, 1.54) is 6.07 Å². The van der Waals surface area contributed by atoms with Gasteiger partial charge in [0.15, 0.2) is 0 Å². The number of thioether (sulfide) groups is 1. The number of nitro groups is 1. The normalized spacial score (nSPS) is 12.0. The number of carboxylic acid groups (broad SMARTS) is 1. The quantitative estimate of drug-likeness (QED) is 0.286. The summed E-state index contributed by atoms with van der Waals surface area (Å²) in [5.74, 6) is -2.44. The number of hydrogen-bond donors (Lipinski definition) is 2. The summed E-state index contributed by atoms with van der Waals surface area (Å²) in [5, 5.41) is 22.7. The maximum absolute atomic E-state index is 11.8. The number of ether oxygens (including phenoxy) is 2. The first-order chi connectivity index (χ1) is 12.9. The molecule has 0 saturated heterocycles. The zero-order valence-electron chi connectivity index (χ0n) is 15.5. The Labute approximate surface area is 169 Å². The first-order valence-electron chi connectivity index (χ1n) is 7.77.